The van der Waals surface area contributed by atoms with Gasteiger partial charge in [-0.25, -0.2) is 0 Å². The molecule has 2 aliphatic rings. The van der Waals surface area contributed by atoms with Crippen LogP contribution in [0.2, 0.25) is 0 Å². The summed E-state index contributed by atoms with van der Waals surface area (Å²) < 4.78 is 0.324. The molecule has 98 valence electrons. The van der Waals surface area contributed by atoms with Gasteiger partial charge in [0.05, 0.1) is 6.04 Å². The van der Waals surface area contributed by atoms with Gasteiger partial charge in [-0.15, -0.1) is 0 Å². The van der Waals surface area contributed by atoms with Gasteiger partial charge in [0.2, 0.25) is 5.91 Å². The maximum absolute atomic E-state index is 12.0. The zero-order valence-electron chi connectivity index (χ0n) is 10.8. The summed E-state index contributed by atoms with van der Waals surface area (Å²) in [6.07, 6.45) is 10.7. The third-order valence-electron chi connectivity index (χ3n) is 4.16. The lowest BCUT2D eigenvalue weighted by Gasteiger charge is -2.29. The van der Waals surface area contributed by atoms with Crippen LogP contribution >= 0.6 is 11.8 Å². The minimum atomic E-state index is 0.0593. The van der Waals surface area contributed by atoms with Crippen LogP contribution in [0, 0.1) is 0 Å². The second kappa shape index (κ2) is 6.10. The Bertz CT molecular complexity index is 258. The van der Waals surface area contributed by atoms with Gasteiger partial charge in [0.25, 0.3) is 0 Å². The zero-order valence-corrected chi connectivity index (χ0v) is 11.6. The lowest BCUT2D eigenvalue weighted by Crippen LogP contribution is -2.49. The van der Waals surface area contributed by atoms with E-state index >= 15 is 0 Å². The number of carbonyl (C=O) groups is 1. The van der Waals surface area contributed by atoms with Gasteiger partial charge in [-0.2, -0.15) is 11.8 Å². The van der Waals surface area contributed by atoms with Crippen molar-refractivity contribution < 1.29 is 4.79 Å². The molecule has 2 fully saturated rings. The molecular weight excluding hydrogens is 232 g/mol. The monoisotopic (exact) mass is 256 g/mol. The van der Waals surface area contributed by atoms with Crippen LogP contribution in [-0.2, 0) is 4.79 Å². The molecular formula is C13H24N2OS. The van der Waals surface area contributed by atoms with Crippen molar-refractivity contribution in [1.29, 1.82) is 0 Å². The third-order valence-corrected chi connectivity index (χ3v) is 5.58. The maximum Gasteiger partial charge on any atom is 0.237 e. The lowest BCUT2D eigenvalue weighted by molar-refractivity contribution is -0.123. The summed E-state index contributed by atoms with van der Waals surface area (Å²) in [5.74, 6) is 0.213. The molecule has 0 aromatic heterocycles. The summed E-state index contributed by atoms with van der Waals surface area (Å²) in [6, 6.07) is 0.0593. The molecule has 1 atom stereocenters. The molecule has 1 saturated heterocycles. The Kier molecular flexibility index (Phi) is 4.74. The van der Waals surface area contributed by atoms with Gasteiger partial charge < -0.3 is 10.6 Å². The van der Waals surface area contributed by atoms with Crippen LogP contribution in [0.3, 0.4) is 0 Å². The van der Waals surface area contributed by atoms with Gasteiger partial charge >= 0.3 is 0 Å². The zero-order chi connectivity index (χ0) is 12.1. The minimum Gasteiger partial charge on any atom is -0.353 e. The average molecular weight is 256 g/mol. The molecule has 1 aliphatic heterocycles. The van der Waals surface area contributed by atoms with E-state index in [0.29, 0.717) is 4.75 Å². The second-order valence-electron chi connectivity index (χ2n) is 5.31. The first-order valence-corrected chi connectivity index (χ1v) is 8.04. The number of hydrogen-bond acceptors (Lipinski definition) is 3. The summed E-state index contributed by atoms with van der Waals surface area (Å²) in [5.41, 5.74) is 0. The highest BCUT2D eigenvalue weighted by Crippen LogP contribution is 2.39. The van der Waals surface area contributed by atoms with E-state index < -0.39 is 0 Å². The van der Waals surface area contributed by atoms with Crippen LogP contribution in [0.4, 0.5) is 0 Å². The van der Waals surface area contributed by atoms with Crippen molar-refractivity contribution >= 4 is 17.7 Å². The highest BCUT2D eigenvalue weighted by Gasteiger charge is 2.33. The SMILES string of the molecule is CSC1(CNC(=O)C2CCCCN2)CCCC1. The van der Waals surface area contributed by atoms with E-state index in [4.69, 9.17) is 0 Å². The van der Waals surface area contributed by atoms with Crippen molar-refractivity contribution in [1.82, 2.24) is 10.6 Å². The highest BCUT2D eigenvalue weighted by atomic mass is 32.2. The number of amides is 1. The van der Waals surface area contributed by atoms with E-state index in [-0.39, 0.29) is 11.9 Å². The number of hydrogen-bond donors (Lipinski definition) is 2. The highest BCUT2D eigenvalue weighted by molar-refractivity contribution is 8.00. The molecule has 2 N–H and O–H groups in total. The molecule has 0 radical (unpaired) electrons. The molecule has 1 heterocycles. The summed E-state index contributed by atoms with van der Waals surface area (Å²) in [4.78, 5) is 12.0. The quantitative estimate of drug-likeness (QED) is 0.807. The van der Waals surface area contributed by atoms with Crippen LogP contribution in [0.25, 0.3) is 0 Å². The molecule has 1 unspecified atom stereocenters. The molecule has 3 nitrogen and oxygen atoms in total. The number of thioether (sulfide) groups is 1. The Morgan fingerprint density at radius 2 is 2.12 bits per heavy atom. The summed E-state index contributed by atoms with van der Waals surface area (Å²) in [5, 5.41) is 6.47. The summed E-state index contributed by atoms with van der Waals surface area (Å²) in [7, 11) is 0. The number of rotatable bonds is 4. The molecule has 0 aromatic carbocycles. The first kappa shape index (κ1) is 13.2. The van der Waals surface area contributed by atoms with Crippen molar-refractivity contribution in [2.45, 2.75) is 55.7 Å². The molecule has 2 rings (SSSR count). The third kappa shape index (κ3) is 3.38. The van der Waals surface area contributed by atoms with Gasteiger partial charge in [0, 0.05) is 11.3 Å². The molecule has 4 heteroatoms. The maximum atomic E-state index is 12.0. The van der Waals surface area contributed by atoms with Crippen LogP contribution in [-0.4, -0.2) is 36.0 Å². The molecule has 0 aromatic rings. The Hall–Kier alpha value is -0.220. The summed E-state index contributed by atoms with van der Waals surface area (Å²) >= 11 is 1.93. The van der Waals surface area contributed by atoms with Gasteiger partial charge in [0.15, 0.2) is 0 Å². The van der Waals surface area contributed by atoms with Gasteiger partial charge in [-0.3, -0.25) is 4.79 Å². The minimum absolute atomic E-state index is 0.0593. The predicted molar refractivity (Wildman–Crippen MR) is 73.4 cm³/mol. The Balaban J connectivity index is 1.78. The standard InChI is InChI=1S/C13H24N2OS/c1-17-13(7-3-4-8-13)10-15-12(16)11-6-2-5-9-14-11/h11,14H,2-10H2,1H3,(H,15,16). The fourth-order valence-corrected chi connectivity index (χ4v) is 3.83. The van der Waals surface area contributed by atoms with Crippen LogP contribution in [0.5, 0.6) is 0 Å². The van der Waals surface area contributed by atoms with E-state index in [1.807, 2.05) is 11.8 Å². The fourth-order valence-electron chi connectivity index (χ4n) is 2.92. The summed E-state index contributed by atoms with van der Waals surface area (Å²) in [6.45, 7) is 1.84. The topological polar surface area (TPSA) is 41.1 Å². The van der Waals surface area contributed by atoms with Crippen molar-refractivity contribution in [2.24, 2.45) is 0 Å². The van der Waals surface area contributed by atoms with Crippen LogP contribution in [0.15, 0.2) is 0 Å². The average Bonchev–Trinajstić information content (AvgIpc) is 2.86. The van der Waals surface area contributed by atoms with Crippen LogP contribution in [0.1, 0.15) is 44.9 Å². The molecule has 0 spiro atoms. The van der Waals surface area contributed by atoms with Crippen molar-refractivity contribution in [3.8, 4) is 0 Å². The van der Waals surface area contributed by atoms with Crippen LogP contribution < -0.4 is 10.6 Å². The number of carbonyl (C=O) groups excluding carboxylic acids is 1. The van der Waals surface area contributed by atoms with E-state index in [2.05, 4.69) is 16.9 Å². The van der Waals surface area contributed by atoms with Gasteiger partial charge in [-0.1, -0.05) is 19.3 Å². The first-order valence-electron chi connectivity index (χ1n) is 6.82. The van der Waals surface area contributed by atoms with Gasteiger partial charge in [-0.05, 0) is 38.5 Å². The van der Waals surface area contributed by atoms with E-state index in [0.717, 1.165) is 19.5 Å². The fraction of sp³-hybridized carbons (Fsp3) is 0.923. The predicted octanol–water partition coefficient (Wildman–Crippen LogP) is 1.92. The molecule has 1 aliphatic carbocycles. The van der Waals surface area contributed by atoms with Crippen molar-refractivity contribution in [2.75, 3.05) is 19.3 Å². The largest absolute Gasteiger partial charge is 0.353 e. The number of piperidine rings is 1. The van der Waals surface area contributed by atoms with Crippen molar-refractivity contribution in [3.63, 3.8) is 0 Å². The first-order chi connectivity index (χ1) is 8.26. The van der Waals surface area contributed by atoms with E-state index in [1.165, 1.54) is 38.5 Å². The lowest BCUT2D eigenvalue weighted by atomic mass is 10.0. The van der Waals surface area contributed by atoms with Crippen molar-refractivity contribution in [3.05, 3.63) is 0 Å². The smallest absolute Gasteiger partial charge is 0.237 e. The molecule has 17 heavy (non-hydrogen) atoms. The van der Waals surface area contributed by atoms with Gasteiger partial charge in [0.1, 0.15) is 0 Å². The number of nitrogens with one attached hydrogen (secondary N) is 2. The Morgan fingerprint density at radius 1 is 1.35 bits per heavy atom. The van der Waals surface area contributed by atoms with E-state index in [1.54, 1.807) is 0 Å². The Morgan fingerprint density at radius 3 is 2.71 bits per heavy atom. The second-order valence-corrected chi connectivity index (χ2v) is 6.59. The molecule has 0 bridgehead atoms. The Labute approximate surface area is 108 Å². The molecule has 1 saturated carbocycles. The molecule has 1 amide bonds. The van der Waals surface area contributed by atoms with E-state index in [9.17, 15) is 4.79 Å². The normalized spacial score (nSPS) is 27.9.